The number of piperidine rings is 1. The molecule has 1 aromatic rings. The van der Waals surface area contributed by atoms with Crippen molar-refractivity contribution in [3.63, 3.8) is 0 Å². The molecule has 2 aliphatic rings. The van der Waals surface area contributed by atoms with Gasteiger partial charge in [-0.1, -0.05) is 25.1 Å². The molecule has 1 saturated carbocycles. The van der Waals surface area contributed by atoms with Crippen LogP contribution in [0.4, 0.5) is 14.5 Å². The Morgan fingerprint density at radius 2 is 1.57 bits per heavy atom. The molecule has 2 N–H and O–H groups in total. The van der Waals surface area contributed by atoms with Crippen molar-refractivity contribution < 1.29 is 8.78 Å². The fourth-order valence-electron chi connectivity index (χ4n) is 3.84. The van der Waals surface area contributed by atoms with E-state index in [0.717, 1.165) is 25.9 Å². The van der Waals surface area contributed by atoms with E-state index in [2.05, 4.69) is 0 Å². The zero-order valence-electron chi connectivity index (χ0n) is 12.0. The molecule has 1 aliphatic carbocycles. The largest absolute Gasteiger partial charge is 0.389 e. The SMILES string of the molecule is NC(=S)c1cc(F)c(N2CCC3(CCCC3)CC2)c(F)c1. The predicted octanol–water partition coefficient (Wildman–Crippen LogP) is 3.76. The molecule has 1 spiro atoms. The molecular formula is C16H20F2N2S. The average molecular weight is 310 g/mol. The molecule has 1 aromatic carbocycles. The lowest BCUT2D eigenvalue weighted by Crippen LogP contribution is -2.39. The van der Waals surface area contributed by atoms with Gasteiger partial charge < -0.3 is 10.6 Å². The van der Waals surface area contributed by atoms with Crippen molar-refractivity contribution in [3.8, 4) is 0 Å². The Morgan fingerprint density at radius 3 is 2.05 bits per heavy atom. The van der Waals surface area contributed by atoms with Crippen molar-refractivity contribution in [2.45, 2.75) is 38.5 Å². The maximum Gasteiger partial charge on any atom is 0.150 e. The van der Waals surface area contributed by atoms with E-state index in [1.54, 1.807) is 0 Å². The van der Waals surface area contributed by atoms with Crippen LogP contribution in [0.1, 0.15) is 44.1 Å². The minimum atomic E-state index is -0.569. The number of thiocarbonyl (C=S) groups is 1. The molecule has 0 bridgehead atoms. The smallest absolute Gasteiger partial charge is 0.150 e. The molecule has 2 nitrogen and oxygen atoms in total. The fourth-order valence-corrected chi connectivity index (χ4v) is 3.96. The molecule has 0 radical (unpaired) electrons. The third-order valence-corrected chi connectivity index (χ3v) is 5.34. The maximum atomic E-state index is 14.2. The summed E-state index contributed by atoms with van der Waals surface area (Å²) in [6.07, 6.45) is 7.20. The molecule has 0 atom stereocenters. The summed E-state index contributed by atoms with van der Waals surface area (Å²) in [6, 6.07) is 2.47. The summed E-state index contributed by atoms with van der Waals surface area (Å²) in [7, 11) is 0. The van der Waals surface area contributed by atoms with E-state index in [-0.39, 0.29) is 16.2 Å². The lowest BCUT2D eigenvalue weighted by Gasteiger charge is -2.40. The van der Waals surface area contributed by atoms with Crippen molar-refractivity contribution in [1.82, 2.24) is 0 Å². The van der Waals surface area contributed by atoms with E-state index in [0.29, 0.717) is 5.41 Å². The second-order valence-electron chi connectivity index (χ2n) is 6.35. The average Bonchev–Trinajstić information content (AvgIpc) is 2.88. The Kier molecular flexibility index (Phi) is 3.86. The fraction of sp³-hybridized carbons (Fsp3) is 0.562. The van der Waals surface area contributed by atoms with Gasteiger partial charge in [0.05, 0.1) is 0 Å². The first-order valence-corrected chi connectivity index (χ1v) is 7.95. The highest BCUT2D eigenvalue weighted by molar-refractivity contribution is 7.80. The van der Waals surface area contributed by atoms with Gasteiger partial charge in [-0.15, -0.1) is 0 Å². The summed E-state index contributed by atoms with van der Waals surface area (Å²) in [5.41, 5.74) is 6.19. The highest BCUT2D eigenvalue weighted by Crippen LogP contribution is 2.47. The molecule has 1 saturated heterocycles. The van der Waals surface area contributed by atoms with Crippen LogP contribution in [0.15, 0.2) is 12.1 Å². The highest BCUT2D eigenvalue weighted by atomic mass is 32.1. The monoisotopic (exact) mass is 310 g/mol. The lowest BCUT2D eigenvalue weighted by molar-refractivity contribution is 0.225. The van der Waals surface area contributed by atoms with Gasteiger partial charge in [-0.05, 0) is 43.2 Å². The third kappa shape index (κ3) is 2.76. The van der Waals surface area contributed by atoms with Crippen molar-refractivity contribution in [2.24, 2.45) is 11.1 Å². The summed E-state index contributed by atoms with van der Waals surface area (Å²) < 4.78 is 28.5. The molecule has 0 aromatic heterocycles. The number of benzene rings is 1. The quantitative estimate of drug-likeness (QED) is 0.843. The first-order valence-electron chi connectivity index (χ1n) is 7.55. The maximum absolute atomic E-state index is 14.2. The number of anilines is 1. The van der Waals surface area contributed by atoms with Gasteiger partial charge in [-0.2, -0.15) is 0 Å². The van der Waals surface area contributed by atoms with Crippen LogP contribution in [0.25, 0.3) is 0 Å². The van der Waals surface area contributed by atoms with E-state index in [1.807, 2.05) is 4.90 Å². The normalized spacial score (nSPS) is 21.0. The molecule has 0 amide bonds. The van der Waals surface area contributed by atoms with Gasteiger partial charge >= 0.3 is 0 Å². The first-order chi connectivity index (χ1) is 10.0. The van der Waals surface area contributed by atoms with Gasteiger partial charge in [0.25, 0.3) is 0 Å². The van der Waals surface area contributed by atoms with Gasteiger partial charge in [0.15, 0.2) is 0 Å². The second-order valence-corrected chi connectivity index (χ2v) is 6.79. The van der Waals surface area contributed by atoms with Crippen LogP contribution in [-0.2, 0) is 0 Å². The molecule has 114 valence electrons. The Morgan fingerprint density at radius 1 is 1.05 bits per heavy atom. The molecule has 5 heteroatoms. The Hall–Kier alpha value is -1.23. The van der Waals surface area contributed by atoms with Gasteiger partial charge in [-0.25, -0.2) is 8.78 Å². The number of nitrogens with two attached hydrogens (primary N) is 1. The van der Waals surface area contributed by atoms with Gasteiger partial charge in [0.2, 0.25) is 0 Å². The first kappa shape index (κ1) is 14.7. The topological polar surface area (TPSA) is 29.3 Å². The summed E-state index contributed by atoms with van der Waals surface area (Å²) in [5.74, 6) is -1.14. The highest BCUT2D eigenvalue weighted by Gasteiger charge is 2.37. The van der Waals surface area contributed by atoms with Crippen molar-refractivity contribution in [1.29, 1.82) is 0 Å². The summed E-state index contributed by atoms with van der Waals surface area (Å²) in [5, 5.41) is 0. The molecule has 2 fully saturated rings. The van der Waals surface area contributed by atoms with E-state index in [9.17, 15) is 8.78 Å². The lowest BCUT2D eigenvalue weighted by atomic mass is 9.77. The Labute approximate surface area is 129 Å². The number of hydrogen-bond acceptors (Lipinski definition) is 2. The minimum absolute atomic E-state index is 0.0166. The van der Waals surface area contributed by atoms with Crippen LogP contribution in [0.5, 0.6) is 0 Å². The standard InChI is InChI=1S/C16H20F2N2S/c17-12-9-11(15(19)21)10-13(18)14(12)20-7-5-16(6-8-20)3-1-2-4-16/h9-10H,1-8H2,(H2,19,21). The van der Waals surface area contributed by atoms with Crippen LogP contribution < -0.4 is 10.6 Å². The van der Waals surface area contributed by atoms with Crippen LogP contribution in [-0.4, -0.2) is 18.1 Å². The van der Waals surface area contributed by atoms with Crippen LogP contribution in [0.2, 0.25) is 0 Å². The number of nitrogens with zero attached hydrogens (tertiary/aromatic N) is 1. The second kappa shape index (κ2) is 5.52. The van der Waals surface area contributed by atoms with Crippen molar-refractivity contribution in [3.05, 3.63) is 29.3 Å². The van der Waals surface area contributed by atoms with Crippen LogP contribution >= 0.6 is 12.2 Å². The summed E-state index contributed by atoms with van der Waals surface area (Å²) >= 11 is 4.78. The van der Waals surface area contributed by atoms with Gasteiger partial charge in [0.1, 0.15) is 22.3 Å². The Balaban J connectivity index is 1.80. The summed E-state index contributed by atoms with van der Waals surface area (Å²) in [4.78, 5) is 1.85. The zero-order chi connectivity index (χ0) is 15.0. The van der Waals surface area contributed by atoms with Crippen molar-refractivity contribution in [2.75, 3.05) is 18.0 Å². The number of halogens is 2. The van der Waals surface area contributed by atoms with E-state index in [1.165, 1.54) is 37.8 Å². The minimum Gasteiger partial charge on any atom is -0.389 e. The van der Waals surface area contributed by atoms with Crippen molar-refractivity contribution >= 4 is 22.9 Å². The van der Waals surface area contributed by atoms with E-state index >= 15 is 0 Å². The third-order valence-electron chi connectivity index (χ3n) is 5.11. The van der Waals surface area contributed by atoms with E-state index < -0.39 is 11.6 Å². The number of rotatable bonds is 2. The van der Waals surface area contributed by atoms with Crippen LogP contribution in [0.3, 0.4) is 0 Å². The van der Waals surface area contributed by atoms with Gasteiger partial charge in [-0.3, -0.25) is 0 Å². The Bertz CT molecular complexity index is 534. The molecule has 3 rings (SSSR count). The van der Waals surface area contributed by atoms with E-state index in [4.69, 9.17) is 18.0 Å². The molecule has 1 aliphatic heterocycles. The molecular weight excluding hydrogens is 290 g/mol. The zero-order valence-corrected chi connectivity index (χ0v) is 12.8. The van der Waals surface area contributed by atoms with Gasteiger partial charge in [0, 0.05) is 18.7 Å². The summed E-state index contributed by atoms with van der Waals surface area (Å²) in [6.45, 7) is 1.44. The van der Waals surface area contributed by atoms with Crippen LogP contribution in [0, 0.1) is 17.0 Å². The molecule has 21 heavy (non-hydrogen) atoms. The number of hydrogen-bond donors (Lipinski definition) is 1. The molecule has 1 heterocycles. The molecule has 0 unspecified atom stereocenters. The predicted molar refractivity (Wildman–Crippen MR) is 84.6 cm³/mol.